The lowest BCUT2D eigenvalue weighted by Gasteiger charge is -2.34. The van der Waals surface area contributed by atoms with Crippen LogP contribution in [0.2, 0.25) is 0 Å². The van der Waals surface area contributed by atoms with Gasteiger partial charge < -0.3 is 26.0 Å². The molecule has 0 aliphatic rings. The molecule has 0 unspecified atom stereocenters. The van der Waals surface area contributed by atoms with Crippen molar-refractivity contribution < 1.29 is 9.53 Å². The highest BCUT2D eigenvalue weighted by Crippen LogP contribution is 2.16. The summed E-state index contributed by atoms with van der Waals surface area (Å²) >= 11 is 0. The van der Waals surface area contributed by atoms with E-state index in [0.717, 1.165) is 39.3 Å². The van der Waals surface area contributed by atoms with Gasteiger partial charge in [-0.3, -0.25) is 0 Å². The molecule has 0 saturated heterocycles. The Morgan fingerprint density at radius 3 is 1.52 bits per heavy atom. The summed E-state index contributed by atoms with van der Waals surface area (Å²) in [6.45, 7) is 12.5. The van der Waals surface area contributed by atoms with Crippen LogP contribution >= 0.6 is 0 Å². The van der Waals surface area contributed by atoms with Crippen LogP contribution in [0.5, 0.6) is 0 Å². The summed E-state index contributed by atoms with van der Waals surface area (Å²) in [4.78, 5) is 11.6. The number of alkyl carbamates (subject to hydrolysis) is 1. The van der Waals surface area contributed by atoms with Crippen LogP contribution in [0.3, 0.4) is 0 Å². The van der Waals surface area contributed by atoms with Gasteiger partial charge in [-0.05, 0) is 38.9 Å². The van der Waals surface area contributed by atoms with Crippen LogP contribution in [-0.4, -0.2) is 59.0 Å². The van der Waals surface area contributed by atoms with E-state index in [2.05, 4.69) is 42.0 Å². The van der Waals surface area contributed by atoms with Gasteiger partial charge in [-0.15, -0.1) is 0 Å². The molecular formula is C19H42N4O2. The molecule has 0 spiro atoms. The zero-order valence-electron chi connectivity index (χ0n) is 17.0. The zero-order valence-corrected chi connectivity index (χ0v) is 17.0. The number of hydrogen-bond donors (Lipinski definition) is 4. The second-order valence-electron chi connectivity index (χ2n) is 6.92. The molecule has 0 heterocycles. The Morgan fingerprint density at radius 2 is 1.20 bits per heavy atom. The van der Waals surface area contributed by atoms with E-state index < -0.39 is 0 Å². The molecule has 0 aromatic carbocycles. The average Bonchev–Trinajstić information content (AvgIpc) is 2.63. The first-order valence-corrected chi connectivity index (χ1v) is 10.1. The number of rotatable bonds is 17. The molecule has 0 saturated carbocycles. The minimum absolute atomic E-state index is 0.137. The van der Waals surface area contributed by atoms with Crippen molar-refractivity contribution in [2.45, 2.75) is 59.3 Å². The Hall–Kier alpha value is -0.850. The Balaban J connectivity index is 4.76. The number of carbonyl (C=O) groups excluding carboxylic acids is 1. The van der Waals surface area contributed by atoms with Gasteiger partial charge in [0.25, 0.3) is 0 Å². The maximum absolute atomic E-state index is 11.6. The molecule has 0 aliphatic heterocycles. The standard InChI is InChI=1S/C19H42N4O2/c1-5-8-11-21-14-19(15-22-12-9-6-2,16-23-13-10-7-3)17-25-18(24)20-4/h21-23H,5-17H2,1-4H3,(H,20,24). The first kappa shape index (κ1) is 24.1. The van der Waals surface area contributed by atoms with E-state index in [1.165, 1.54) is 38.5 Å². The predicted octanol–water partition coefficient (Wildman–Crippen LogP) is 2.50. The Kier molecular flexibility index (Phi) is 16.0. The highest BCUT2D eigenvalue weighted by Gasteiger charge is 2.31. The number of carbonyl (C=O) groups is 1. The number of ether oxygens (including phenoxy) is 1. The second-order valence-corrected chi connectivity index (χ2v) is 6.92. The van der Waals surface area contributed by atoms with Crippen LogP contribution in [0, 0.1) is 5.41 Å². The maximum atomic E-state index is 11.6. The van der Waals surface area contributed by atoms with E-state index in [1.54, 1.807) is 7.05 Å². The molecule has 0 bridgehead atoms. The SMILES string of the molecule is CCCCNCC(CNCCCC)(CNCCCC)COC(=O)NC. The number of unbranched alkanes of at least 4 members (excludes halogenated alkanes) is 3. The molecule has 0 aliphatic carbocycles. The van der Waals surface area contributed by atoms with Crippen molar-refractivity contribution in [1.82, 2.24) is 21.3 Å². The minimum Gasteiger partial charge on any atom is -0.449 e. The van der Waals surface area contributed by atoms with Crippen LogP contribution in [0.1, 0.15) is 59.3 Å². The molecule has 0 aromatic heterocycles. The normalized spacial score (nSPS) is 11.5. The molecule has 0 atom stereocenters. The van der Waals surface area contributed by atoms with E-state index in [1.807, 2.05) is 0 Å². The van der Waals surface area contributed by atoms with Crippen LogP contribution in [0.15, 0.2) is 0 Å². The van der Waals surface area contributed by atoms with E-state index in [9.17, 15) is 4.79 Å². The first-order valence-electron chi connectivity index (χ1n) is 10.1. The van der Waals surface area contributed by atoms with Gasteiger partial charge in [0.1, 0.15) is 6.61 Å². The van der Waals surface area contributed by atoms with Crippen molar-refractivity contribution in [3.05, 3.63) is 0 Å². The first-order chi connectivity index (χ1) is 12.1. The zero-order chi connectivity index (χ0) is 18.8. The average molecular weight is 359 g/mol. The molecule has 6 heteroatoms. The lowest BCUT2D eigenvalue weighted by atomic mass is 9.88. The van der Waals surface area contributed by atoms with E-state index >= 15 is 0 Å². The third kappa shape index (κ3) is 13.1. The van der Waals surface area contributed by atoms with Crippen molar-refractivity contribution in [2.24, 2.45) is 5.41 Å². The Morgan fingerprint density at radius 1 is 0.800 bits per heavy atom. The summed E-state index contributed by atoms with van der Waals surface area (Å²) in [5.74, 6) is 0. The fraction of sp³-hybridized carbons (Fsp3) is 0.947. The lowest BCUT2D eigenvalue weighted by Crippen LogP contribution is -2.52. The summed E-state index contributed by atoms with van der Waals surface area (Å²) in [6.07, 6.45) is 6.67. The highest BCUT2D eigenvalue weighted by atomic mass is 16.5. The fourth-order valence-electron chi connectivity index (χ4n) is 2.60. The summed E-state index contributed by atoms with van der Waals surface area (Å²) < 4.78 is 5.46. The van der Waals surface area contributed by atoms with E-state index in [4.69, 9.17) is 4.74 Å². The molecule has 1 amide bonds. The summed E-state index contributed by atoms with van der Waals surface area (Å²) in [5.41, 5.74) is -0.137. The van der Waals surface area contributed by atoms with Crippen LogP contribution in [0.25, 0.3) is 0 Å². The lowest BCUT2D eigenvalue weighted by molar-refractivity contribution is 0.0799. The summed E-state index contributed by atoms with van der Waals surface area (Å²) in [5, 5.41) is 13.2. The third-order valence-electron chi connectivity index (χ3n) is 4.33. The van der Waals surface area contributed by atoms with Gasteiger partial charge in [0.2, 0.25) is 0 Å². The molecule has 0 radical (unpaired) electrons. The summed E-state index contributed by atoms with van der Waals surface area (Å²) in [7, 11) is 1.60. The van der Waals surface area contributed by atoms with Crippen molar-refractivity contribution in [3.63, 3.8) is 0 Å². The van der Waals surface area contributed by atoms with Gasteiger partial charge in [0.15, 0.2) is 0 Å². The molecular weight excluding hydrogens is 316 g/mol. The fourth-order valence-corrected chi connectivity index (χ4v) is 2.60. The van der Waals surface area contributed by atoms with Crippen LogP contribution in [0.4, 0.5) is 4.79 Å². The number of amides is 1. The van der Waals surface area contributed by atoms with Crippen LogP contribution < -0.4 is 21.3 Å². The van der Waals surface area contributed by atoms with Gasteiger partial charge in [-0.25, -0.2) is 4.79 Å². The maximum Gasteiger partial charge on any atom is 0.406 e. The molecule has 0 fully saturated rings. The van der Waals surface area contributed by atoms with Gasteiger partial charge >= 0.3 is 6.09 Å². The number of hydrogen-bond acceptors (Lipinski definition) is 5. The number of nitrogens with one attached hydrogen (secondary N) is 4. The summed E-state index contributed by atoms with van der Waals surface area (Å²) in [6, 6.07) is 0. The topological polar surface area (TPSA) is 74.4 Å². The van der Waals surface area contributed by atoms with Crippen molar-refractivity contribution in [1.29, 1.82) is 0 Å². The van der Waals surface area contributed by atoms with Crippen molar-refractivity contribution in [2.75, 3.05) is 52.9 Å². The predicted molar refractivity (Wildman–Crippen MR) is 106 cm³/mol. The second kappa shape index (κ2) is 16.6. The Labute approximate surface area is 155 Å². The largest absolute Gasteiger partial charge is 0.449 e. The van der Waals surface area contributed by atoms with Gasteiger partial charge in [0, 0.05) is 32.1 Å². The molecule has 0 rings (SSSR count). The smallest absolute Gasteiger partial charge is 0.406 e. The molecule has 25 heavy (non-hydrogen) atoms. The molecule has 150 valence electrons. The minimum atomic E-state index is -0.361. The van der Waals surface area contributed by atoms with Crippen molar-refractivity contribution >= 4 is 6.09 Å². The third-order valence-corrected chi connectivity index (χ3v) is 4.33. The van der Waals surface area contributed by atoms with E-state index in [-0.39, 0.29) is 11.5 Å². The molecule has 4 N–H and O–H groups in total. The Bertz CT molecular complexity index is 283. The quantitative estimate of drug-likeness (QED) is 0.301. The van der Waals surface area contributed by atoms with Gasteiger partial charge in [0.05, 0.1) is 0 Å². The molecule has 6 nitrogen and oxygen atoms in total. The monoisotopic (exact) mass is 358 g/mol. The van der Waals surface area contributed by atoms with Crippen molar-refractivity contribution in [3.8, 4) is 0 Å². The highest BCUT2D eigenvalue weighted by molar-refractivity contribution is 5.66. The van der Waals surface area contributed by atoms with E-state index in [0.29, 0.717) is 6.61 Å². The van der Waals surface area contributed by atoms with Gasteiger partial charge in [-0.2, -0.15) is 0 Å². The van der Waals surface area contributed by atoms with Crippen LogP contribution in [-0.2, 0) is 4.74 Å². The van der Waals surface area contributed by atoms with Gasteiger partial charge in [-0.1, -0.05) is 40.0 Å². The molecule has 0 aromatic rings.